The highest BCUT2D eigenvalue weighted by Gasteiger charge is 2.10. The molecule has 0 aliphatic rings. The standard InChI is InChI=1S/C12H10Cl2N4S/c13-8-2-1-7(10(14)5-8)3-4-17-12-9(6-15)11(16)18-19-12/h1-2,5,17H,3-4H2,(H2,16,18). The maximum absolute atomic E-state index is 8.94. The lowest BCUT2D eigenvalue weighted by Crippen LogP contribution is -2.05. The number of nitrogens with zero attached hydrogens (tertiary/aromatic N) is 2. The van der Waals surface area contributed by atoms with Crippen LogP contribution in [0, 0.1) is 11.3 Å². The van der Waals surface area contributed by atoms with Crippen molar-refractivity contribution in [2.24, 2.45) is 0 Å². The quantitative estimate of drug-likeness (QED) is 0.905. The second-order valence-corrected chi connectivity index (χ2v) is 5.41. The number of nitrogens with one attached hydrogen (secondary N) is 1. The maximum Gasteiger partial charge on any atom is 0.157 e. The van der Waals surface area contributed by atoms with Gasteiger partial charge in [0.15, 0.2) is 5.82 Å². The molecule has 0 saturated carbocycles. The number of aromatic nitrogens is 1. The fraction of sp³-hybridized carbons (Fsp3) is 0.167. The van der Waals surface area contributed by atoms with Crippen molar-refractivity contribution in [3.63, 3.8) is 0 Å². The molecule has 2 aromatic rings. The molecule has 98 valence electrons. The Hall–Kier alpha value is -1.48. The minimum atomic E-state index is 0.263. The molecule has 2 rings (SSSR count). The van der Waals surface area contributed by atoms with Gasteiger partial charge in [0.05, 0.1) is 0 Å². The Morgan fingerprint density at radius 2 is 2.21 bits per heavy atom. The van der Waals surface area contributed by atoms with Crippen molar-refractivity contribution >= 4 is 45.6 Å². The van der Waals surface area contributed by atoms with Crippen LogP contribution in [0.2, 0.25) is 10.0 Å². The third kappa shape index (κ3) is 3.29. The lowest BCUT2D eigenvalue weighted by atomic mass is 10.1. The molecule has 0 fully saturated rings. The van der Waals surface area contributed by atoms with Gasteiger partial charge in [-0.05, 0) is 35.6 Å². The van der Waals surface area contributed by atoms with E-state index in [1.54, 1.807) is 12.1 Å². The summed E-state index contributed by atoms with van der Waals surface area (Å²) < 4.78 is 3.93. The van der Waals surface area contributed by atoms with Crippen molar-refractivity contribution in [1.82, 2.24) is 4.37 Å². The van der Waals surface area contributed by atoms with E-state index >= 15 is 0 Å². The number of nitriles is 1. The molecule has 0 radical (unpaired) electrons. The number of nitrogens with two attached hydrogens (primary N) is 1. The van der Waals surface area contributed by atoms with E-state index in [0.29, 0.717) is 27.2 Å². The van der Waals surface area contributed by atoms with Gasteiger partial charge in [0.1, 0.15) is 16.6 Å². The molecule has 0 atom stereocenters. The van der Waals surface area contributed by atoms with Crippen molar-refractivity contribution in [2.75, 3.05) is 17.6 Å². The average molecular weight is 313 g/mol. The zero-order chi connectivity index (χ0) is 13.8. The Morgan fingerprint density at radius 1 is 1.42 bits per heavy atom. The number of hydrogen-bond acceptors (Lipinski definition) is 5. The zero-order valence-electron chi connectivity index (χ0n) is 9.78. The topological polar surface area (TPSA) is 74.7 Å². The van der Waals surface area contributed by atoms with E-state index in [9.17, 15) is 0 Å². The number of anilines is 2. The van der Waals surface area contributed by atoms with Crippen LogP contribution in [0.25, 0.3) is 0 Å². The Kier molecular flexibility index (Phi) is 4.48. The second-order valence-electron chi connectivity index (χ2n) is 3.80. The fourth-order valence-corrected chi connectivity index (χ4v) is 2.76. The van der Waals surface area contributed by atoms with E-state index in [4.69, 9.17) is 34.2 Å². The average Bonchev–Trinajstić information content (AvgIpc) is 2.72. The Morgan fingerprint density at radius 3 is 2.89 bits per heavy atom. The van der Waals surface area contributed by atoms with Gasteiger partial charge in [0.25, 0.3) is 0 Å². The maximum atomic E-state index is 8.94. The number of hydrogen-bond donors (Lipinski definition) is 2. The molecule has 0 amide bonds. The van der Waals surface area contributed by atoms with E-state index in [0.717, 1.165) is 12.0 Å². The molecule has 1 aromatic carbocycles. The first-order chi connectivity index (χ1) is 9.11. The minimum absolute atomic E-state index is 0.263. The summed E-state index contributed by atoms with van der Waals surface area (Å²) in [5.41, 5.74) is 6.97. The smallest absolute Gasteiger partial charge is 0.157 e. The van der Waals surface area contributed by atoms with Crippen molar-refractivity contribution in [3.05, 3.63) is 39.4 Å². The minimum Gasteiger partial charge on any atom is -0.382 e. The fourth-order valence-electron chi connectivity index (χ4n) is 1.57. The molecule has 0 bridgehead atoms. The van der Waals surface area contributed by atoms with Gasteiger partial charge in [-0.15, -0.1) is 0 Å². The van der Waals surface area contributed by atoms with Crippen LogP contribution in [0.15, 0.2) is 18.2 Å². The second kappa shape index (κ2) is 6.11. The monoisotopic (exact) mass is 312 g/mol. The Bertz CT molecular complexity index is 633. The first-order valence-electron chi connectivity index (χ1n) is 5.45. The Labute approximate surface area is 124 Å². The highest BCUT2D eigenvalue weighted by Crippen LogP contribution is 2.26. The predicted molar refractivity (Wildman–Crippen MR) is 79.9 cm³/mol. The van der Waals surface area contributed by atoms with Crippen molar-refractivity contribution < 1.29 is 0 Å². The van der Waals surface area contributed by atoms with Gasteiger partial charge in [-0.2, -0.15) is 9.64 Å². The van der Waals surface area contributed by atoms with Crippen LogP contribution < -0.4 is 11.1 Å². The van der Waals surface area contributed by atoms with Gasteiger partial charge in [-0.1, -0.05) is 29.3 Å². The van der Waals surface area contributed by atoms with Gasteiger partial charge in [-0.25, -0.2) is 0 Å². The highest BCUT2D eigenvalue weighted by atomic mass is 35.5. The molecule has 7 heteroatoms. The summed E-state index contributed by atoms with van der Waals surface area (Å²) in [6.45, 7) is 0.637. The molecule has 0 unspecified atom stereocenters. The molecule has 0 spiro atoms. The first kappa shape index (κ1) is 13.9. The summed E-state index contributed by atoms with van der Waals surface area (Å²) in [5.74, 6) is 0.263. The molecule has 4 nitrogen and oxygen atoms in total. The zero-order valence-corrected chi connectivity index (χ0v) is 12.1. The van der Waals surface area contributed by atoms with Crippen molar-refractivity contribution in [2.45, 2.75) is 6.42 Å². The van der Waals surface area contributed by atoms with Crippen molar-refractivity contribution in [3.8, 4) is 6.07 Å². The molecule has 0 saturated heterocycles. The van der Waals surface area contributed by atoms with Crippen LogP contribution >= 0.6 is 34.7 Å². The molecular formula is C12H10Cl2N4S. The largest absolute Gasteiger partial charge is 0.382 e. The first-order valence-corrected chi connectivity index (χ1v) is 6.98. The van der Waals surface area contributed by atoms with Crippen molar-refractivity contribution in [1.29, 1.82) is 5.26 Å². The van der Waals surface area contributed by atoms with Crippen LogP contribution in [-0.4, -0.2) is 10.9 Å². The Balaban J connectivity index is 1.98. The molecule has 1 heterocycles. The molecule has 1 aromatic heterocycles. The predicted octanol–water partition coefficient (Wildman–Crippen LogP) is 3.56. The van der Waals surface area contributed by atoms with E-state index in [1.807, 2.05) is 12.1 Å². The summed E-state index contributed by atoms with van der Waals surface area (Å²) in [6.07, 6.45) is 0.721. The van der Waals surface area contributed by atoms with Crippen LogP contribution in [0.4, 0.5) is 10.8 Å². The van der Waals surface area contributed by atoms with Gasteiger partial charge >= 0.3 is 0 Å². The van der Waals surface area contributed by atoms with Gasteiger partial charge < -0.3 is 11.1 Å². The number of halogens is 2. The summed E-state index contributed by atoms with van der Waals surface area (Å²) in [4.78, 5) is 0. The number of rotatable bonds is 4. The lowest BCUT2D eigenvalue weighted by molar-refractivity contribution is 1.02. The molecule has 3 N–H and O–H groups in total. The van der Waals surface area contributed by atoms with Gasteiger partial charge in [-0.3, -0.25) is 0 Å². The summed E-state index contributed by atoms with van der Waals surface area (Å²) in [6, 6.07) is 7.43. The van der Waals surface area contributed by atoms with Crippen LogP contribution in [0.1, 0.15) is 11.1 Å². The molecule has 0 aliphatic heterocycles. The van der Waals surface area contributed by atoms with E-state index in [2.05, 4.69) is 9.69 Å². The molecule has 0 aliphatic carbocycles. The normalized spacial score (nSPS) is 10.2. The summed E-state index contributed by atoms with van der Waals surface area (Å²) in [7, 11) is 0. The van der Waals surface area contributed by atoms with E-state index in [-0.39, 0.29) is 5.82 Å². The van der Waals surface area contributed by atoms with Gasteiger partial charge in [0, 0.05) is 16.6 Å². The van der Waals surface area contributed by atoms with E-state index in [1.165, 1.54) is 11.5 Å². The van der Waals surface area contributed by atoms with Crippen LogP contribution in [0.5, 0.6) is 0 Å². The molecule has 19 heavy (non-hydrogen) atoms. The summed E-state index contributed by atoms with van der Waals surface area (Å²) in [5, 5.41) is 14.0. The van der Waals surface area contributed by atoms with E-state index < -0.39 is 0 Å². The number of benzene rings is 1. The van der Waals surface area contributed by atoms with Crippen LogP contribution in [-0.2, 0) is 6.42 Å². The molecular weight excluding hydrogens is 303 g/mol. The summed E-state index contributed by atoms with van der Waals surface area (Å²) >= 11 is 13.1. The highest BCUT2D eigenvalue weighted by molar-refractivity contribution is 7.10. The number of nitrogen functional groups attached to an aromatic ring is 1. The third-order valence-corrected chi connectivity index (χ3v) is 3.93. The lowest BCUT2D eigenvalue weighted by Gasteiger charge is -2.06. The van der Waals surface area contributed by atoms with Gasteiger partial charge in [0.2, 0.25) is 0 Å². The third-order valence-electron chi connectivity index (χ3n) is 2.53. The van der Waals surface area contributed by atoms with Crippen LogP contribution in [0.3, 0.4) is 0 Å². The SMILES string of the molecule is N#Cc1c(N)nsc1NCCc1ccc(Cl)cc1Cl.